The molecular weight excluding hydrogens is 112 g/mol. The second-order valence-corrected chi connectivity index (χ2v) is 2.51. The van der Waals surface area contributed by atoms with E-state index in [9.17, 15) is 0 Å². The SMILES string of the molecule is CCC1=C(C)CCCO1. The van der Waals surface area contributed by atoms with Crippen molar-refractivity contribution in [1.29, 1.82) is 0 Å². The molecule has 0 fully saturated rings. The van der Waals surface area contributed by atoms with Crippen molar-refractivity contribution in [1.82, 2.24) is 0 Å². The molecule has 0 amide bonds. The summed E-state index contributed by atoms with van der Waals surface area (Å²) in [5, 5.41) is 0. The molecule has 1 aliphatic heterocycles. The Morgan fingerprint density at radius 1 is 1.56 bits per heavy atom. The van der Waals surface area contributed by atoms with Gasteiger partial charge in [0.2, 0.25) is 0 Å². The number of rotatable bonds is 1. The summed E-state index contributed by atoms with van der Waals surface area (Å²) in [6.45, 7) is 5.24. The Bertz CT molecular complexity index is 125. The van der Waals surface area contributed by atoms with E-state index in [0.29, 0.717) is 0 Å². The van der Waals surface area contributed by atoms with Crippen molar-refractivity contribution in [3.8, 4) is 0 Å². The number of hydrogen-bond donors (Lipinski definition) is 0. The molecule has 0 saturated heterocycles. The fraction of sp³-hybridized carbons (Fsp3) is 0.750. The van der Waals surface area contributed by atoms with Gasteiger partial charge in [0.05, 0.1) is 12.4 Å². The highest BCUT2D eigenvalue weighted by Crippen LogP contribution is 2.19. The third-order valence-electron chi connectivity index (χ3n) is 1.77. The van der Waals surface area contributed by atoms with E-state index in [0.717, 1.165) is 13.0 Å². The van der Waals surface area contributed by atoms with E-state index in [1.165, 1.54) is 24.2 Å². The van der Waals surface area contributed by atoms with Crippen LogP contribution in [0.4, 0.5) is 0 Å². The van der Waals surface area contributed by atoms with Crippen LogP contribution < -0.4 is 0 Å². The molecule has 0 atom stereocenters. The van der Waals surface area contributed by atoms with Gasteiger partial charge >= 0.3 is 0 Å². The van der Waals surface area contributed by atoms with Crippen LogP contribution in [-0.2, 0) is 4.74 Å². The predicted octanol–water partition coefficient (Wildman–Crippen LogP) is 2.48. The van der Waals surface area contributed by atoms with Crippen LogP contribution in [0.2, 0.25) is 0 Å². The van der Waals surface area contributed by atoms with E-state index in [1.807, 2.05) is 0 Å². The second kappa shape index (κ2) is 2.90. The Morgan fingerprint density at radius 3 is 2.78 bits per heavy atom. The monoisotopic (exact) mass is 126 g/mol. The number of ether oxygens (including phenoxy) is 1. The molecule has 1 heteroatoms. The summed E-state index contributed by atoms with van der Waals surface area (Å²) < 4.78 is 5.42. The summed E-state index contributed by atoms with van der Waals surface area (Å²) in [6.07, 6.45) is 3.50. The molecule has 0 bridgehead atoms. The lowest BCUT2D eigenvalue weighted by molar-refractivity contribution is 0.180. The van der Waals surface area contributed by atoms with Crippen molar-refractivity contribution < 1.29 is 4.74 Å². The molecule has 0 aromatic carbocycles. The highest BCUT2D eigenvalue weighted by molar-refractivity contribution is 5.07. The molecule has 9 heavy (non-hydrogen) atoms. The van der Waals surface area contributed by atoms with Crippen LogP contribution in [0.1, 0.15) is 33.1 Å². The summed E-state index contributed by atoms with van der Waals surface area (Å²) in [4.78, 5) is 0. The van der Waals surface area contributed by atoms with Crippen molar-refractivity contribution >= 4 is 0 Å². The van der Waals surface area contributed by atoms with Gasteiger partial charge in [0, 0.05) is 6.42 Å². The van der Waals surface area contributed by atoms with Gasteiger partial charge in [-0.1, -0.05) is 6.92 Å². The van der Waals surface area contributed by atoms with Crippen LogP contribution in [0.5, 0.6) is 0 Å². The lowest BCUT2D eigenvalue weighted by Crippen LogP contribution is -2.03. The van der Waals surface area contributed by atoms with E-state index >= 15 is 0 Å². The summed E-state index contributed by atoms with van der Waals surface area (Å²) in [6, 6.07) is 0. The summed E-state index contributed by atoms with van der Waals surface area (Å²) in [5.41, 5.74) is 1.45. The van der Waals surface area contributed by atoms with Crippen LogP contribution >= 0.6 is 0 Å². The highest BCUT2D eigenvalue weighted by atomic mass is 16.5. The van der Waals surface area contributed by atoms with Gasteiger partial charge < -0.3 is 4.74 Å². The number of hydrogen-bond acceptors (Lipinski definition) is 1. The zero-order chi connectivity index (χ0) is 6.69. The standard InChI is InChI=1S/C8H14O/c1-3-8-7(2)5-4-6-9-8/h3-6H2,1-2H3. The molecule has 0 aromatic rings. The first-order chi connectivity index (χ1) is 4.34. The zero-order valence-corrected chi connectivity index (χ0v) is 6.24. The lowest BCUT2D eigenvalue weighted by atomic mass is 10.1. The molecule has 52 valence electrons. The van der Waals surface area contributed by atoms with Crippen molar-refractivity contribution in [2.24, 2.45) is 0 Å². The van der Waals surface area contributed by atoms with E-state index in [-0.39, 0.29) is 0 Å². The van der Waals surface area contributed by atoms with Crippen molar-refractivity contribution in [3.05, 3.63) is 11.3 Å². The van der Waals surface area contributed by atoms with Gasteiger partial charge in [-0.3, -0.25) is 0 Å². The van der Waals surface area contributed by atoms with Crippen LogP contribution in [0.15, 0.2) is 11.3 Å². The zero-order valence-electron chi connectivity index (χ0n) is 6.24. The van der Waals surface area contributed by atoms with E-state index in [2.05, 4.69) is 13.8 Å². The fourth-order valence-corrected chi connectivity index (χ4v) is 1.20. The topological polar surface area (TPSA) is 9.23 Å². The van der Waals surface area contributed by atoms with E-state index in [4.69, 9.17) is 4.74 Å². The number of allylic oxidation sites excluding steroid dienone is 2. The second-order valence-electron chi connectivity index (χ2n) is 2.51. The van der Waals surface area contributed by atoms with Gasteiger partial charge in [0.25, 0.3) is 0 Å². The minimum atomic E-state index is 0.931. The molecule has 1 nitrogen and oxygen atoms in total. The summed E-state index contributed by atoms with van der Waals surface area (Å²) >= 11 is 0. The summed E-state index contributed by atoms with van der Waals surface area (Å²) in [5.74, 6) is 1.22. The third kappa shape index (κ3) is 1.47. The maximum atomic E-state index is 5.42. The van der Waals surface area contributed by atoms with Crippen molar-refractivity contribution in [3.63, 3.8) is 0 Å². The van der Waals surface area contributed by atoms with Crippen LogP contribution in [0.25, 0.3) is 0 Å². The Labute approximate surface area is 56.7 Å². The summed E-state index contributed by atoms with van der Waals surface area (Å²) in [7, 11) is 0. The Balaban J connectivity index is 2.59. The third-order valence-corrected chi connectivity index (χ3v) is 1.77. The highest BCUT2D eigenvalue weighted by Gasteiger charge is 2.06. The molecule has 1 aliphatic rings. The minimum Gasteiger partial charge on any atom is -0.498 e. The van der Waals surface area contributed by atoms with E-state index < -0.39 is 0 Å². The van der Waals surface area contributed by atoms with Crippen LogP contribution in [-0.4, -0.2) is 6.61 Å². The maximum absolute atomic E-state index is 5.42. The average molecular weight is 126 g/mol. The predicted molar refractivity (Wildman–Crippen MR) is 38.2 cm³/mol. The van der Waals surface area contributed by atoms with Crippen LogP contribution in [0.3, 0.4) is 0 Å². The molecule has 0 N–H and O–H groups in total. The largest absolute Gasteiger partial charge is 0.498 e. The minimum absolute atomic E-state index is 0.931. The Hall–Kier alpha value is -0.460. The lowest BCUT2D eigenvalue weighted by Gasteiger charge is -2.17. The van der Waals surface area contributed by atoms with Crippen molar-refractivity contribution in [2.45, 2.75) is 33.1 Å². The van der Waals surface area contributed by atoms with Gasteiger partial charge in [-0.15, -0.1) is 0 Å². The molecular formula is C8H14O. The van der Waals surface area contributed by atoms with Crippen LogP contribution in [0, 0.1) is 0 Å². The smallest absolute Gasteiger partial charge is 0.0946 e. The Kier molecular flexibility index (Phi) is 2.15. The average Bonchev–Trinajstić information content (AvgIpc) is 1.89. The van der Waals surface area contributed by atoms with Gasteiger partial charge in [0.15, 0.2) is 0 Å². The molecule has 0 unspecified atom stereocenters. The first-order valence-electron chi connectivity index (χ1n) is 3.66. The first kappa shape index (κ1) is 6.66. The quantitative estimate of drug-likeness (QED) is 0.524. The van der Waals surface area contributed by atoms with Gasteiger partial charge in [-0.2, -0.15) is 0 Å². The van der Waals surface area contributed by atoms with Gasteiger partial charge in [-0.25, -0.2) is 0 Å². The fourth-order valence-electron chi connectivity index (χ4n) is 1.20. The first-order valence-corrected chi connectivity index (χ1v) is 3.66. The molecule has 1 heterocycles. The molecule has 0 spiro atoms. The maximum Gasteiger partial charge on any atom is 0.0946 e. The van der Waals surface area contributed by atoms with Gasteiger partial charge in [0.1, 0.15) is 0 Å². The Morgan fingerprint density at radius 2 is 2.33 bits per heavy atom. The molecule has 0 saturated carbocycles. The molecule has 0 aromatic heterocycles. The normalized spacial score (nSPS) is 19.8. The van der Waals surface area contributed by atoms with E-state index in [1.54, 1.807) is 0 Å². The molecule has 0 aliphatic carbocycles. The molecule has 1 rings (SSSR count). The van der Waals surface area contributed by atoms with Gasteiger partial charge in [-0.05, 0) is 25.3 Å². The molecule has 0 radical (unpaired) electrons. The van der Waals surface area contributed by atoms with Crippen molar-refractivity contribution in [2.75, 3.05) is 6.61 Å².